The Morgan fingerprint density at radius 2 is 1.82 bits per heavy atom. The van der Waals surface area contributed by atoms with E-state index in [0.29, 0.717) is 23.4 Å². The van der Waals surface area contributed by atoms with Gasteiger partial charge in [0.15, 0.2) is 0 Å². The highest BCUT2D eigenvalue weighted by Crippen LogP contribution is 2.23. The van der Waals surface area contributed by atoms with E-state index in [1.54, 1.807) is 44.2 Å². The smallest absolute Gasteiger partial charge is 0.328 e. The first-order chi connectivity index (χ1) is 16.4. The standard InChI is InChI=1S/C26H26N4O4/c1-3-34-26(33)17(2)30-24(31)16-28-21-11-12-22-20(13-21)5-4-6-23(22)25(32)29-15-19-9-7-18(14-27)8-10-19/h4-13,17,28H,3,15-16H2,1-2H3,(H,29,32)(H,30,31). The highest BCUT2D eigenvalue weighted by atomic mass is 16.5. The quantitative estimate of drug-likeness (QED) is 0.424. The Labute approximate surface area is 197 Å². The molecule has 0 bridgehead atoms. The Morgan fingerprint density at radius 3 is 2.53 bits per heavy atom. The van der Waals surface area contributed by atoms with Gasteiger partial charge in [-0.25, -0.2) is 4.79 Å². The highest BCUT2D eigenvalue weighted by molar-refractivity contribution is 6.07. The van der Waals surface area contributed by atoms with Crippen LogP contribution in [0.15, 0.2) is 60.7 Å². The van der Waals surface area contributed by atoms with Crippen LogP contribution in [-0.2, 0) is 20.9 Å². The Balaban J connectivity index is 1.62. The van der Waals surface area contributed by atoms with E-state index in [9.17, 15) is 14.4 Å². The predicted molar refractivity (Wildman–Crippen MR) is 129 cm³/mol. The molecule has 0 spiro atoms. The topological polar surface area (TPSA) is 120 Å². The van der Waals surface area contributed by atoms with Gasteiger partial charge in [0.1, 0.15) is 6.04 Å². The van der Waals surface area contributed by atoms with Gasteiger partial charge in [0, 0.05) is 17.8 Å². The van der Waals surface area contributed by atoms with Crippen molar-refractivity contribution in [2.75, 3.05) is 18.5 Å². The Kier molecular flexibility index (Phi) is 8.19. The summed E-state index contributed by atoms with van der Waals surface area (Å²) in [7, 11) is 0. The first-order valence-electron chi connectivity index (χ1n) is 10.9. The van der Waals surface area contributed by atoms with E-state index in [-0.39, 0.29) is 25.0 Å². The summed E-state index contributed by atoms with van der Waals surface area (Å²) >= 11 is 0. The first-order valence-corrected chi connectivity index (χ1v) is 10.9. The van der Waals surface area contributed by atoms with Crippen LogP contribution >= 0.6 is 0 Å². The molecule has 2 amide bonds. The molecular weight excluding hydrogens is 432 g/mol. The van der Waals surface area contributed by atoms with Crippen LogP contribution in [0.25, 0.3) is 10.8 Å². The van der Waals surface area contributed by atoms with Crippen LogP contribution in [-0.4, -0.2) is 37.0 Å². The number of amides is 2. The number of carbonyl (C=O) groups is 3. The van der Waals surface area contributed by atoms with Crippen LogP contribution in [0.1, 0.15) is 35.3 Å². The number of esters is 1. The maximum absolute atomic E-state index is 12.8. The van der Waals surface area contributed by atoms with Crippen LogP contribution in [0, 0.1) is 11.3 Å². The lowest BCUT2D eigenvalue weighted by atomic mass is 10.0. The summed E-state index contributed by atoms with van der Waals surface area (Å²) in [5, 5.41) is 19.0. The van der Waals surface area contributed by atoms with Crippen molar-refractivity contribution in [2.45, 2.75) is 26.4 Å². The zero-order valence-electron chi connectivity index (χ0n) is 19.1. The second-order valence-corrected chi connectivity index (χ2v) is 7.63. The minimum absolute atomic E-state index is 0.0139. The van der Waals surface area contributed by atoms with Crippen LogP contribution in [0.3, 0.4) is 0 Å². The predicted octanol–water partition coefficient (Wildman–Crippen LogP) is 3.12. The number of rotatable bonds is 9. The van der Waals surface area contributed by atoms with Crippen molar-refractivity contribution in [1.82, 2.24) is 10.6 Å². The fourth-order valence-electron chi connectivity index (χ4n) is 3.37. The molecule has 1 atom stereocenters. The largest absolute Gasteiger partial charge is 0.464 e. The molecular formula is C26H26N4O4. The fourth-order valence-corrected chi connectivity index (χ4v) is 3.37. The van der Waals surface area contributed by atoms with E-state index in [0.717, 1.165) is 16.3 Å². The molecule has 0 radical (unpaired) electrons. The Hall–Kier alpha value is -4.38. The van der Waals surface area contributed by atoms with Crippen molar-refractivity contribution in [3.8, 4) is 6.07 Å². The lowest BCUT2D eigenvalue weighted by molar-refractivity contribution is -0.146. The van der Waals surface area contributed by atoms with Crippen LogP contribution in [0.5, 0.6) is 0 Å². The summed E-state index contributed by atoms with van der Waals surface area (Å²) in [5.41, 5.74) is 2.72. The van der Waals surface area contributed by atoms with Crippen molar-refractivity contribution in [3.05, 3.63) is 77.4 Å². The van der Waals surface area contributed by atoms with Crippen LogP contribution in [0.4, 0.5) is 5.69 Å². The molecule has 0 saturated heterocycles. The average molecular weight is 459 g/mol. The number of hydrogen-bond acceptors (Lipinski definition) is 6. The summed E-state index contributed by atoms with van der Waals surface area (Å²) in [6.07, 6.45) is 0. The lowest BCUT2D eigenvalue weighted by Crippen LogP contribution is -2.42. The molecule has 3 aromatic carbocycles. The first kappa shape index (κ1) is 24.3. The van der Waals surface area contributed by atoms with E-state index in [4.69, 9.17) is 10.00 Å². The van der Waals surface area contributed by atoms with Crippen molar-refractivity contribution in [3.63, 3.8) is 0 Å². The summed E-state index contributed by atoms with van der Waals surface area (Å²) < 4.78 is 4.88. The van der Waals surface area contributed by atoms with E-state index in [1.807, 2.05) is 30.3 Å². The summed E-state index contributed by atoms with van der Waals surface area (Å²) in [5.74, 6) is -1.02. The third-order valence-corrected chi connectivity index (χ3v) is 5.13. The molecule has 0 saturated carbocycles. The van der Waals surface area contributed by atoms with Gasteiger partial charge in [-0.3, -0.25) is 9.59 Å². The molecule has 0 aliphatic rings. The van der Waals surface area contributed by atoms with Gasteiger partial charge < -0.3 is 20.7 Å². The van der Waals surface area contributed by atoms with Crippen molar-refractivity contribution in [2.24, 2.45) is 0 Å². The van der Waals surface area contributed by atoms with Gasteiger partial charge in [-0.05, 0) is 60.5 Å². The molecule has 174 valence electrons. The molecule has 0 aliphatic heterocycles. The minimum atomic E-state index is -0.726. The fraction of sp³-hybridized carbons (Fsp3) is 0.231. The lowest BCUT2D eigenvalue weighted by Gasteiger charge is -2.14. The van der Waals surface area contributed by atoms with Gasteiger partial charge in [-0.2, -0.15) is 5.26 Å². The normalized spacial score (nSPS) is 11.2. The maximum atomic E-state index is 12.8. The maximum Gasteiger partial charge on any atom is 0.328 e. The number of anilines is 1. The molecule has 3 rings (SSSR count). The van der Waals surface area contributed by atoms with Gasteiger partial charge in [-0.15, -0.1) is 0 Å². The van der Waals surface area contributed by atoms with Gasteiger partial charge in [0.2, 0.25) is 5.91 Å². The average Bonchev–Trinajstić information content (AvgIpc) is 2.85. The van der Waals surface area contributed by atoms with Gasteiger partial charge >= 0.3 is 5.97 Å². The summed E-state index contributed by atoms with van der Waals surface area (Å²) in [4.78, 5) is 36.5. The second-order valence-electron chi connectivity index (χ2n) is 7.63. The van der Waals surface area contributed by atoms with E-state index < -0.39 is 12.0 Å². The number of ether oxygens (including phenoxy) is 1. The molecule has 0 heterocycles. The third-order valence-electron chi connectivity index (χ3n) is 5.13. The molecule has 0 aromatic heterocycles. The second kappa shape index (κ2) is 11.5. The zero-order chi connectivity index (χ0) is 24.5. The summed E-state index contributed by atoms with van der Waals surface area (Å²) in [6, 6.07) is 19.3. The van der Waals surface area contributed by atoms with E-state index in [2.05, 4.69) is 22.0 Å². The zero-order valence-corrected chi connectivity index (χ0v) is 19.1. The minimum Gasteiger partial charge on any atom is -0.464 e. The van der Waals surface area contributed by atoms with Gasteiger partial charge in [-0.1, -0.05) is 30.3 Å². The Morgan fingerprint density at radius 1 is 1.06 bits per heavy atom. The van der Waals surface area contributed by atoms with Gasteiger partial charge in [0.25, 0.3) is 5.91 Å². The number of carbonyl (C=O) groups excluding carboxylic acids is 3. The van der Waals surface area contributed by atoms with Crippen LogP contribution in [0.2, 0.25) is 0 Å². The molecule has 0 fully saturated rings. The van der Waals surface area contributed by atoms with Crippen LogP contribution < -0.4 is 16.0 Å². The SMILES string of the molecule is CCOC(=O)C(C)NC(=O)CNc1ccc2c(C(=O)NCc3ccc(C#N)cc3)cccc2c1. The molecule has 3 aromatic rings. The molecule has 1 unspecified atom stereocenters. The molecule has 34 heavy (non-hydrogen) atoms. The van der Waals surface area contributed by atoms with Crippen molar-refractivity contribution < 1.29 is 19.1 Å². The number of nitriles is 1. The molecule has 8 nitrogen and oxygen atoms in total. The van der Waals surface area contributed by atoms with Gasteiger partial charge in [0.05, 0.1) is 24.8 Å². The van der Waals surface area contributed by atoms with Crippen molar-refractivity contribution in [1.29, 1.82) is 5.26 Å². The number of hydrogen-bond donors (Lipinski definition) is 3. The molecule has 3 N–H and O–H groups in total. The highest BCUT2D eigenvalue weighted by Gasteiger charge is 2.16. The monoisotopic (exact) mass is 458 g/mol. The number of nitrogens with zero attached hydrogens (tertiary/aromatic N) is 1. The molecule has 8 heteroatoms. The van der Waals surface area contributed by atoms with E-state index in [1.165, 1.54) is 0 Å². The number of fused-ring (bicyclic) bond motifs is 1. The third kappa shape index (κ3) is 6.33. The number of benzene rings is 3. The summed E-state index contributed by atoms with van der Waals surface area (Å²) in [6.45, 7) is 3.86. The Bertz CT molecular complexity index is 1230. The van der Waals surface area contributed by atoms with E-state index >= 15 is 0 Å². The molecule has 0 aliphatic carbocycles. The number of nitrogens with one attached hydrogen (secondary N) is 3. The van der Waals surface area contributed by atoms with Crippen molar-refractivity contribution >= 4 is 34.2 Å².